The topological polar surface area (TPSA) is 29.5 Å². The standard InChI is InChI=1S/C16H23ClO2S/c1-19-16(12-7-3-2-4-8-12)14(18)11-20-15-10-6-5-9-13(15)17/h5-6,9-10,12,14,16,18H,2-4,7-8,11H2,1H3. The Balaban J connectivity index is 1.89. The van der Waals surface area contributed by atoms with Crippen LogP contribution in [0.15, 0.2) is 29.2 Å². The van der Waals surface area contributed by atoms with Gasteiger partial charge in [-0.2, -0.15) is 0 Å². The summed E-state index contributed by atoms with van der Waals surface area (Å²) in [5.74, 6) is 1.12. The maximum absolute atomic E-state index is 10.4. The van der Waals surface area contributed by atoms with Gasteiger partial charge in [-0.1, -0.05) is 43.0 Å². The third kappa shape index (κ3) is 4.39. The zero-order valence-electron chi connectivity index (χ0n) is 11.9. The van der Waals surface area contributed by atoms with E-state index >= 15 is 0 Å². The monoisotopic (exact) mass is 314 g/mol. The third-order valence-corrected chi connectivity index (χ3v) is 5.63. The zero-order chi connectivity index (χ0) is 14.4. The average molecular weight is 315 g/mol. The fourth-order valence-electron chi connectivity index (χ4n) is 2.96. The van der Waals surface area contributed by atoms with E-state index in [1.165, 1.54) is 32.1 Å². The first-order valence-electron chi connectivity index (χ1n) is 7.30. The fraction of sp³-hybridized carbons (Fsp3) is 0.625. The van der Waals surface area contributed by atoms with Crippen molar-refractivity contribution in [3.05, 3.63) is 29.3 Å². The molecule has 1 aliphatic carbocycles. The molecule has 2 unspecified atom stereocenters. The number of ether oxygens (including phenoxy) is 1. The highest BCUT2D eigenvalue weighted by Gasteiger charge is 2.29. The van der Waals surface area contributed by atoms with E-state index in [4.69, 9.17) is 16.3 Å². The van der Waals surface area contributed by atoms with E-state index in [2.05, 4.69) is 0 Å². The number of hydrogen-bond acceptors (Lipinski definition) is 3. The van der Waals surface area contributed by atoms with Gasteiger partial charge >= 0.3 is 0 Å². The summed E-state index contributed by atoms with van der Waals surface area (Å²) in [6.45, 7) is 0. The molecule has 2 nitrogen and oxygen atoms in total. The van der Waals surface area contributed by atoms with Gasteiger partial charge in [0.2, 0.25) is 0 Å². The zero-order valence-corrected chi connectivity index (χ0v) is 13.5. The molecule has 4 heteroatoms. The Hall–Kier alpha value is -0.220. The number of aliphatic hydroxyl groups excluding tert-OH is 1. The van der Waals surface area contributed by atoms with Crippen LogP contribution in [0.2, 0.25) is 5.02 Å². The summed E-state index contributed by atoms with van der Waals surface area (Å²) < 4.78 is 5.57. The first-order valence-corrected chi connectivity index (χ1v) is 8.67. The summed E-state index contributed by atoms with van der Waals surface area (Å²) in [5.41, 5.74) is 0. The number of halogens is 1. The molecule has 0 radical (unpaired) electrons. The van der Waals surface area contributed by atoms with E-state index < -0.39 is 6.10 Å². The van der Waals surface area contributed by atoms with Gasteiger partial charge in [0, 0.05) is 17.8 Å². The fourth-order valence-corrected chi connectivity index (χ4v) is 4.18. The van der Waals surface area contributed by atoms with Crippen molar-refractivity contribution in [1.82, 2.24) is 0 Å². The van der Waals surface area contributed by atoms with Crippen LogP contribution < -0.4 is 0 Å². The highest BCUT2D eigenvalue weighted by molar-refractivity contribution is 7.99. The minimum atomic E-state index is -0.440. The first kappa shape index (κ1) is 16.2. The van der Waals surface area contributed by atoms with Crippen LogP contribution in [0.4, 0.5) is 0 Å². The molecule has 1 aromatic rings. The number of thioether (sulfide) groups is 1. The summed E-state index contributed by atoms with van der Waals surface area (Å²) in [5, 5.41) is 11.2. The van der Waals surface area contributed by atoms with Crippen LogP contribution in [0.1, 0.15) is 32.1 Å². The number of methoxy groups -OCH3 is 1. The van der Waals surface area contributed by atoms with E-state index in [1.54, 1.807) is 18.9 Å². The van der Waals surface area contributed by atoms with Crippen molar-refractivity contribution >= 4 is 23.4 Å². The van der Waals surface area contributed by atoms with Gasteiger partial charge in [-0.3, -0.25) is 0 Å². The second-order valence-corrected chi connectivity index (χ2v) is 6.88. The first-order chi connectivity index (χ1) is 9.72. The molecular formula is C16H23ClO2S. The van der Waals surface area contributed by atoms with E-state index in [0.717, 1.165) is 9.92 Å². The van der Waals surface area contributed by atoms with Crippen molar-refractivity contribution in [3.8, 4) is 0 Å². The van der Waals surface area contributed by atoms with Crippen LogP contribution in [-0.2, 0) is 4.74 Å². The van der Waals surface area contributed by atoms with Crippen LogP contribution in [0, 0.1) is 5.92 Å². The minimum absolute atomic E-state index is 0.0507. The van der Waals surface area contributed by atoms with Crippen LogP contribution >= 0.6 is 23.4 Å². The Morgan fingerprint density at radius 1 is 1.30 bits per heavy atom. The van der Waals surface area contributed by atoms with Crippen LogP contribution in [0.25, 0.3) is 0 Å². The largest absolute Gasteiger partial charge is 0.390 e. The number of benzene rings is 1. The summed E-state index contributed by atoms with van der Waals surface area (Å²) in [4.78, 5) is 1.02. The SMILES string of the molecule is COC(C(O)CSc1ccccc1Cl)C1CCCCC1. The molecule has 0 saturated heterocycles. The Kier molecular flexibility index (Phi) is 6.69. The van der Waals surface area contributed by atoms with Gasteiger partial charge in [0.15, 0.2) is 0 Å². The van der Waals surface area contributed by atoms with Gasteiger partial charge in [-0.25, -0.2) is 0 Å². The normalized spacial score (nSPS) is 19.8. The number of rotatable bonds is 6. The molecule has 0 bridgehead atoms. The third-order valence-electron chi connectivity index (χ3n) is 4.01. The van der Waals surface area contributed by atoms with E-state index in [0.29, 0.717) is 11.7 Å². The van der Waals surface area contributed by atoms with Gasteiger partial charge < -0.3 is 9.84 Å². The number of hydrogen-bond donors (Lipinski definition) is 1. The molecule has 2 atom stereocenters. The molecule has 0 aliphatic heterocycles. The predicted octanol–water partition coefficient (Wildman–Crippen LogP) is 4.39. The summed E-state index contributed by atoms with van der Waals surface area (Å²) in [7, 11) is 1.71. The van der Waals surface area contributed by atoms with Gasteiger partial charge in [-0.05, 0) is 30.9 Å². The molecule has 0 spiro atoms. The van der Waals surface area contributed by atoms with Gasteiger partial charge in [0.05, 0.1) is 17.2 Å². The van der Waals surface area contributed by atoms with E-state index in [-0.39, 0.29) is 6.10 Å². The highest BCUT2D eigenvalue weighted by atomic mass is 35.5. The second-order valence-electron chi connectivity index (χ2n) is 5.41. The second kappa shape index (κ2) is 8.28. The Bertz CT molecular complexity index is 407. The Morgan fingerprint density at radius 2 is 2.00 bits per heavy atom. The lowest BCUT2D eigenvalue weighted by atomic mass is 9.83. The molecule has 20 heavy (non-hydrogen) atoms. The van der Waals surface area contributed by atoms with Crippen molar-refractivity contribution in [2.24, 2.45) is 5.92 Å². The molecule has 2 rings (SSSR count). The molecule has 1 N–H and O–H groups in total. The maximum atomic E-state index is 10.4. The predicted molar refractivity (Wildman–Crippen MR) is 85.6 cm³/mol. The van der Waals surface area contributed by atoms with Gasteiger partial charge in [-0.15, -0.1) is 11.8 Å². The molecule has 1 saturated carbocycles. The summed E-state index contributed by atoms with van der Waals surface area (Å²) in [6.07, 6.45) is 5.69. The molecular weight excluding hydrogens is 292 g/mol. The van der Waals surface area contributed by atoms with Crippen molar-refractivity contribution in [3.63, 3.8) is 0 Å². The lowest BCUT2D eigenvalue weighted by Gasteiger charge is -2.32. The lowest BCUT2D eigenvalue weighted by Crippen LogP contribution is -2.37. The molecule has 0 heterocycles. The molecule has 1 aromatic carbocycles. The number of aliphatic hydroxyl groups is 1. The smallest absolute Gasteiger partial charge is 0.0898 e. The van der Waals surface area contributed by atoms with E-state index in [9.17, 15) is 5.11 Å². The van der Waals surface area contributed by atoms with Crippen molar-refractivity contribution in [2.45, 2.75) is 49.2 Å². The Labute approximate surface area is 130 Å². The van der Waals surface area contributed by atoms with Crippen LogP contribution in [0.5, 0.6) is 0 Å². The van der Waals surface area contributed by atoms with Crippen molar-refractivity contribution < 1.29 is 9.84 Å². The molecule has 0 aromatic heterocycles. The molecule has 1 aliphatic rings. The molecule has 112 valence electrons. The average Bonchev–Trinajstić information content (AvgIpc) is 2.48. The van der Waals surface area contributed by atoms with Gasteiger partial charge in [0.1, 0.15) is 0 Å². The summed E-state index contributed by atoms with van der Waals surface area (Å²) in [6, 6.07) is 7.76. The lowest BCUT2D eigenvalue weighted by molar-refractivity contribution is -0.0441. The minimum Gasteiger partial charge on any atom is -0.390 e. The molecule has 0 amide bonds. The quantitative estimate of drug-likeness (QED) is 0.790. The van der Waals surface area contributed by atoms with E-state index in [1.807, 2.05) is 24.3 Å². The van der Waals surface area contributed by atoms with Crippen molar-refractivity contribution in [1.29, 1.82) is 0 Å². The Morgan fingerprint density at radius 3 is 2.65 bits per heavy atom. The maximum Gasteiger partial charge on any atom is 0.0898 e. The highest BCUT2D eigenvalue weighted by Crippen LogP contribution is 2.32. The summed E-state index contributed by atoms with van der Waals surface area (Å²) >= 11 is 7.74. The van der Waals surface area contributed by atoms with Gasteiger partial charge in [0.25, 0.3) is 0 Å². The van der Waals surface area contributed by atoms with Crippen LogP contribution in [0.3, 0.4) is 0 Å². The van der Waals surface area contributed by atoms with Crippen molar-refractivity contribution in [2.75, 3.05) is 12.9 Å². The van der Waals surface area contributed by atoms with Crippen LogP contribution in [-0.4, -0.2) is 30.2 Å². The molecule has 1 fully saturated rings.